The highest BCUT2D eigenvalue weighted by Crippen LogP contribution is 2.24. The summed E-state index contributed by atoms with van der Waals surface area (Å²) in [7, 11) is -3.47. The number of morpholine rings is 1. The van der Waals surface area contributed by atoms with Crippen LogP contribution in [0.1, 0.15) is 5.82 Å². The van der Waals surface area contributed by atoms with E-state index in [1.807, 2.05) is 25.1 Å². The fraction of sp³-hybridized carbons (Fsp3) is 0.474. The van der Waals surface area contributed by atoms with Gasteiger partial charge in [-0.1, -0.05) is 0 Å². The fourth-order valence-corrected chi connectivity index (χ4v) is 5.35. The van der Waals surface area contributed by atoms with Gasteiger partial charge in [0, 0.05) is 48.9 Å². The number of rotatable bonds is 4. The third kappa shape index (κ3) is 4.65. The summed E-state index contributed by atoms with van der Waals surface area (Å²) in [4.78, 5) is 13.9. The Hall–Kier alpha value is -1.50. The average Bonchev–Trinajstić information content (AvgIpc) is 2.74. The first-order valence-corrected chi connectivity index (χ1v) is 12.1. The molecule has 0 atom stereocenters. The van der Waals surface area contributed by atoms with Gasteiger partial charge < -0.3 is 14.5 Å². The summed E-state index contributed by atoms with van der Waals surface area (Å²) >= 11 is 2.17. The van der Waals surface area contributed by atoms with Crippen molar-refractivity contribution in [2.24, 2.45) is 0 Å². The van der Waals surface area contributed by atoms with Gasteiger partial charge in [0.2, 0.25) is 10.0 Å². The van der Waals surface area contributed by atoms with E-state index in [-0.39, 0.29) is 0 Å². The van der Waals surface area contributed by atoms with Crippen LogP contribution in [0.15, 0.2) is 35.2 Å². The van der Waals surface area contributed by atoms with Crippen molar-refractivity contribution < 1.29 is 13.2 Å². The summed E-state index contributed by atoms with van der Waals surface area (Å²) in [6.07, 6.45) is 0. The second-order valence-electron chi connectivity index (χ2n) is 7.08. The van der Waals surface area contributed by atoms with Crippen LogP contribution in [0.4, 0.5) is 11.6 Å². The number of aromatic nitrogens is 2. The molecule has 10 heteroatoms. The van der Waals surface area contributed by atoms with E-state index in [1.165, 1.54) is 0 Å². The second kappa shape index (κ2) is 8.70. The summed E-state index contributed by atoms with van der Waals surface area (Å²) in [6.45, 7) is 7.00. The molecule has 0 saturated carbocycles. The lowest BCUT2D eigenvalue weighted by atomic mass is 10.3. The van der Waals surface area contributed by atoms with Gasteiger partial charge >= 0.3 is 0 Å². The summed E-state index contributed by atoms with van der Waals surface area (Å²) in [5, 5.41) is 0. The number of sulfonamides is 1. The minimum Gasteiger partial charge on any atom is -0.378 e. The zero-order valence-corrected chi connectivity index (χ0v) is 19.3. The molecule has 0 aliphatic carbocycles. The SMILES string of the molecule is Cc1nc(N2CCOCC2)cc(N2CCN(S(=O)(=O)c3ccc(I)cc3)CC2)n1. The first-order chi connectivity index (χ1) is 13.9. The maximum atomic E-state index is 12.9. The Kier molecular flexibility index (Phi) is 6.23. The molecule has 1 aromatic carbocycles. The van der Waals surface area contributed by atoms with Crippen LogP contribution in [-0.2, 0) is 14.8 Å². The van der Waals surface area contributed by atoms with Crippen molar-refractivity contribution in [3.63, 3.8) is 0 Å². The van der Waals surface area contributed by atoms with Crippen LogP contribution in [-0.4, -0.2) is 75.2 Å². The molecule has 0 amide bonds. The monoisotopic (exact) mass is 529 g/mol. The Labute approximate surface area is 185 Å². The van der Waals surface area contributed by atoms with Crippen LogP contribution in [0.2, 0.25) is 0 Å². The molecule has 4 rings (SSSR count). The van der Waals surface area contributed by atoms with Crippen LogP contribution < -0.4 is 9.80 Å². The number of benzene rings is 1. The van der Waals surface area contributed by atoms with Crippen LogP contribution >= 0.6 is 22.6 Å². The van der Waals surface area contributed by atoms with E-state index in [0.29, 0.717) is 44.3 Å². The fourth-order valence-electron chi connectivity index (χ4n) is 3.57. The smallest absolute Gasteiger partial charge is 0.243 e. The van der Waals surface area contributed by atoms with Crippen molar-refractivity contribution in [3.8, 4) is 0 Å². The Bertz CT molecular complexity index is 956. The number of halogens is 1. The van der Waals surface area contributed by atoms with Gasteiger partial charge in [-0.05, 0) is 53.8 Å². The molecular weight excluding hydrogens is 505 g/mol. The Morgan fingerprint density at radius 2 is 1.45 bits per heavy atom. The molecule has 0 bridgehead atoms. The molecule has 1 aromatic heterocycles. The van der Waals surface area contributed by atoms with E-state index >= 15 is 0 Å². The number of piperazine rings is 1. The number of ether oxygens (including phenoxy) is 1. The maximum Gasteiger partial charge on any atom is 0.243 e. The van der Waals surface area contributed by atoms with Crippen molar-refractivity contribution in [2.45, 2.75) is 11.8 Å². The highest BCUT2D eigenvalue weighted by Gasteiger charge is 2.29. The summed E-state index contributed by atoms with van der Waals surface area (Å²) in [5.41, 5.74) is 0. The van der Waals surface area contributed by atoms with Crippen molar-refractivity contribution in [2.75, 3.05) is 62.3 Å². The highest BCUT2D eigenvalue weighted by molar-refractivity contribution is 14.1. The summed E-state index contributed by atoms with van der Waals surface area (Å²) < 4.78 is 33.8. The molecule has 2 aliphatic heterocycles. The molecule has 2 aliphatic rings. The van der Waals surface area contributed by atoms with Gasteiger partial charge in [0.15, 0.2) is 0 Å². The van der Waals surface area contributed by atoms with Crippen molar-refractivity contribution in [1.29, 1.82) is 0 Å². The zero-order valence-electron chi connectivity index (χ0n) is 16.3. The lowest BCUT2D eigenvalue weighted by Crippen LogP contribution is -2.49. The largest absolute Gasteiger partial charge is 0.378 e. The van der Waals surface area contributed by atoms with Crippen molar-refractivity contribution >= 4 is 44.2 Å². The number of hydrogen-bond acceptors (Lipinski definition) is 7. The first-order valence-electron chi connectivity index (χ1n) is 9.62. The maximum absolute atomic E-state index is 12.9. The highest BCUT2D eigenvalue weighted by atomic mass is 127. The minimum absolute atomic E-state index is 0.346. The molecule has 0 N–H and O–H groups in total. The Morgan fingerprint density at radius 3 is 2.03 bits per heavy atom. The van der Waals surface area contributed by atoms with E-state index < -0.39 is 10.0 Å². The molecule has 2 aromatic rings. The average molecular weight is 529 g/mol. The predicted molar refractivity (Wildman–Crippen MR) is 120 cm³/mol. The van der Waals surface area contributed by atoms with E-state index in [2.05, 4.69) is 42.4 Å². The first kappa shape index (κ1) is 20.8. The molecule has 2 fully saturated rings. The molecule has 0 spiro atoms. The van der Waals surface area contributed by atoms with Crippen LogP contribution in [0.5, 0.6) is 0 Å². The molecule has 29 heavy (non-hydrogen) atoms. The zero-order chi connectivity index (χ0) is 20.4. The van der Waals surface area contributed by atoms with Gasteiger partial charge in [-0.3, -0.25) is 0 Å². The van der Waals surface area contributed by atoms with E-state index in [0.717, 1.165) is 34.1 Å². The Morgan fingerprint density at radius 1 is 0.897 bits per heavy atom. The van der Waals surface area contributed by atoms with Gasteiger partial charge in [0.05, 0.1) is 18.1 Å². The standard InChI is InChI=1S/C19H24IN5O3S/c1-15-21-18(14-19(22-15)24-10-12-28-13-11-24)23-6-8-25(9-7-23)29(26,27)17-4-2-16(20)3-5-17/h2-5,14H,6-13H2,1H3. The van der Waals surface area contributed by atoms with Gasteiger partial charge in [0.25, 0.3) is 0 Å². The normalized spacial score (nSPS) is 18.8. The van der Waals surface area contributed by atoms with Gasteiger partial charge in [-0.25, -0.2) is 18.4 Å². The molecule has 2 saturated heterocycles. The molecule has 156 valence electrons. The number of nitrogens with zero attached hydrogens (tertiary/aromatic N) is 5. The predicted octanol–water partition coefficient (Wildman–Crippen LogP) is 1.74. The summed E-state index contributed by atoms with van der Waals surface area (Å²) in [5.74, 6) is 2.48. The second-order valence-corrected chi connectivity index (χ2v) is 10.3. The number of hydrogen-bond donors (Lipinski definition) is 0. The summed E-state index contributed by atoms with van der Waals surface area (Å²) in [6, 6.07) is 8.99. The minimum atomic E-state index is -3.47. The molecule has 0 unspecified atom stereocenters. The topological polar surface area (TPSA) is 78.9 Å². The van der Waals surface area contributed by atoms with Gasteiger partial charge in [-0.2, -0.15) is 4.31 Å². The molecule has 8 nitrogen and oxygen atoms in total. The third-order valence-electron chi connectivity index (χ3n) is 5.16. The molecule has 0 radical (unpaired) electrons. The van der Waals surface area contributed by atoms with Crippen LogP contribution in [0.25, 0.3) is 0 Å². The van der Waals surface area contributed by atoms with Crippen molar-refractivity contribution in [3.05, 3.63) is 39.7 Å². The third-order valence-corrected chi connectivity index (χ3v) is 7.79. The van der Waals surface area contributed by atoms with Crippen LogP contribution in [0.3, 0.4) is 0 Å². The van der Waals surface area contributed by atoms with Crippen LogP contribution in [0, 0.1) is 10.5 Å². The lowest BCUT2D eigenvalue weighted by Gasteiger charge is -2.35. The number of anilines is 2. The Balaban J connectivity index is 1.47. The quantitative estimate of drug-likeness (QED) is 0.559. The lowest BCUT2D eigenvalue weighted by molar-refractivity contribution is 0.122. The molecule has 3 heterocycles. The molecular formula is C19H24IN5O3S. The van der Waals surface area contributed by atoms with Gasteiger partial charge in [-0.15, -0.1) is 0 Å². The van der Waals surface area contributed by atoms with Gasteiger partial charge in [0.1, 0.15) is 17.5 Å². The van der Waals surface area contributed by atoms with E-state index in [4.69, 9.17) is 4.74 Å². The van der Waals surface area contributed by atoms with E-state index in [9.17, 15) is 8.42 Å². The van der Waals surface area contributed by atoms with E-state index in [1.54, 1.807) is 16.4 Å². The number of aryl methyl sites for hydroxylation is 1. The van der Waals surface area contributed by atoms with Crippen molar-refractivity contribution in [1.82, 2.24) is 14.3 Å².